The molecule has 170 valence electrons. The number of aromatic nitrogens is 3. The second kappa shape index (κ2) is 9.25. The number of carboxylic acid groups (broad SMARTS) is 1. The van der Waals surface area contributed by atoms with Crippen LogP contribution in [0.25, 0.3) is 22.0 Å². The second-order valence-corrected chi connectivity index (χ2v) is 7.49. The molecule has 8 nitrogen and oxygen atoms in total. The average molecular weight is 483 g/mol. The minimum Gasteiger partial charge on any atom is -0.491 e. The number of pyridine rings is 1. The molecule has 0 aliphatic heterocycles. The Labute approximate surface area is 195 Å². The Morgan fingerprint density at radius 1 is 1.18 bits per heavy atom. The molecule has 1 N–H and O–H groups in total. The minimum atomic E-state index is -1.43. The number of hydrogen-bond donors (Lipinski definition) is 1. The first kappa shape index (κ1) is 22.8. The summed E-state index contributed by atoms with van der Waals surface area (Å²) in [4.78, 5) is 32.0. The van der Waals surface area contributed by atoms with Crippen LogP contribution < -0.4 is 10.3 Å². The van der Waals surface area contributed by atoms with Gasteiger partial charge in [0.15, 0.2) is 11.6 Å². The summed E-state index contributed by atoms with van der Waals surface area (Å²) in [7, 11) is 0. The Hall–Kier alpha value is -4.36. The average Bonchev–Trinajstić information content (AvgIpc) is 2.82. The van der Waals surface area contributed by atoms with E-state index in [2.05, 4.69) is 9.97 Å². The summed E-state index contributed by atoms with van der Waals surface area (Å²) in [6.45, 7) is -0.0271. The lowest BCUT2D eigenvalue weighted by molar-refractivity contribution is 0.0696. The zero-order chi connectivity index (χ0) is 24.4. The zero-order valence-corrected chi connectivity index (χ0v) is 17.9. The number of nitrogens with zero attached hydrogens (tertiary/aromatic N) is 4. The molecule has 4 aromatic rings. The van der Waals surface area contributed by atoms with Crippen LogP contribution in [0.4, 0.5) is 8.78 Å². The fourth-order valence-electron chi connectivity index (χ4n) is 3.28. The van der Waals surface area contributed by atoms with Crippen LogP contribution in [0.5, 0.6) is 5.75 Å². The Kier molecular flexibility index (Phi) is 6.21. The summed E-state index contributed by atoms with van der Waals surface area (Å²) in [5.74, 6) is -3.92. The Bertz CT molecular complexity index is 1550. The van der Waals surface area contributed by atoms with Gasteiger partial charge >= 0.3 is 5.97 Å². The molecule has 0 bridgehead atoms. The van der Waals surface area contributed by atoms with Crippen molar-refractivity contribution in [1.82, 2.24) is 14.5 Å². The van der Waals surface area contributed by atoms with Crippen molar-refractivity contribution in [2.24, 2.45) is 0 Å². The molecule has 34 heavy (non-hydrogen) atoms. The van der Waals surface area contributed by atoms with E-state index >= 15 is 0 Å². The molecule has 0 amide bonds. The molecule has 0 aliphatic carbocycles. The third kappa shape index (κ3) is 4.42. The molecule has 0 saturated carbocycles. The summed E-state index contributed by atoms with van der Waals surface area (Å²) in [5.41, 5.74) is -0.747. The normalized spacial score (nSPS) is 10.8. The Morgan fingerprint density at radius 3 is 2.71 bits per heavy atom. The van der Waals surface area contributed by atoms with Crippen LogP contribution in [0.3, 0.4) is 0 Å². The molecule has 0 spiro atoms. The summed E-state index contributed by atoms with van der Waals surface area (Å²) >= 11 is 6.02. The number of nitriles is 1. The van der Waals surface area contributed by atoms with Crippen molar-refractivity contribution < 1.29 is 23.4 Å². The van der Waals surface area contributed by atoms with Crippen LogP contribution in [-0.4, -0.2) is 32.2 Å². The van der Waals surface area contributed by atoms with E-state index in [9.17, 15) is 23.5 Å². The van der Waals surface area contributed by atoms with E-state index in [1.54, 1.807) is 0 Å². The van der Waals surface area contributed by atoms with E-state index in [1.165, 1.54) is 41.4 Å². The number of rotatable bonds is 6. The fourth-order valence-corrected chi connectivity index (χ4v) is 3.45. The maximum Gasteiger partial charge on any atom is 0.335 e. The van der Waals surface area contributed by atoms with E-state index in [-0.39, 0.29) is 46.1 Å². The Balaban J connectivity index is 1.64. The van der Waals surface area contributed by atoms with Gasteiger partial charge in [0, 0.05) is 16.1 Å². The lowest BCUT2D eigenvalue weighted by Crippen LogP contribution is -2.23. The molecular formula is C23H13ClF2N4O4. The molecule has 0 radical (unpaired) electrons. The highest BCUT2D eigenvalue weighted by molar-refractivity contribution is 6.31. The van der Waals surface area contributed by atoms with Crippen molar-refractivity contribution in [2.75, 3.05) is 6.61 Å². The number of aromatic carboxylic acids is 1. The lowest BCUT2D eigenvalue weighted by Gasteiger charge is -2.14. The van der Waals surface area contributed by atoms with Crippen LogP contribution in [0.15, 0.2) is 53.7 Å². The standard InChI is InChI=1S/C23H13ClF2N4O4/c24-13-1-2-20(15(7-13)16-5-12(23(32)33)6-18(25)21(16)26)34-4-3-30-11-29-19-10-28-14(9-27)8-17(19)22(30)31/h1-2,5-8,10-11H,3-4H2,(H,32,33). The van der Waals surface area contributed by atoms with E-state index in [0.29, 0.717) is 11.6 Å². The molecule has 0 atom stereocenters. The maximum atomic E-state index is 14.5. The predicted octanol–water partition coefficient (Wildman–Crippen LogP) is 4.04. The first-order valence-corrected chi connectivity index (χ1v) is 10.1. The van der Waals surface area contributed by atoms with E-state index < -0.39 is 28.7 Å². The second-order valence-electron chi connectivity index (χ2n) is 7.06. The summed E-state index contributed by atoms with van der Waals surface area (Å²) in [6, 6.07) is 8.98. The van der Waals surface area contributed by atoms with E-state index in [1.807, 2.05) is 6.07 Å². The highest BCUT2D eigenvalue weighted by atomic mass is 35.5. The van der Waals surface area contributed by atoms with Crippen LogP contribution in [0.2, 0.25) is 5.02 Å². The van der Waals surface area contributed by atoms with Crippen LogP contribution in [0, 0.1) is 23.0 Å². The van der Waals surface area contributed by atoms with Gasteiger partial charge in [0.05, 0.1) is 35.5 Å². The summed E-state index contributed by atoms with van der Waals surface area (Å²) in [6.07, 6.45) is 2.63. The number of carboxylic acids is 1. The van der Waals surface area contributed by atoms with Crippen LogP contribution in [-0.2, 0) is 6.54 Å². The van der Waals surface area contributed by atoms with Gasteiger partial charge in [-0.05, 0) is 36.4 Å². The van der Waals surface area contributed by atoms with Gasteiger partial charge in [0.1, 0.15) is 24.1 Å². The van der Waals surface area contributed by atoms with Crippen LogP contribution in [0.1, 0.15) is 16.1 Å². The fraction of sp³-hybridized carbons (Fsp3) is 0.0870. The van der Waals surface area contributed by atoms with Gasteiger partial charge in [-0.2, -0.15) is 5.26 Å². The van der Waals surface area contributed by atoms with E-state index in [4.69, 9.17) is 21.6 Å². The number of ether oxygens (including phenoxy) is 1. The highest BCUT2D eigenvalue weighted by Gasteiger charge is 2.19. The summed E-state index contributed by atoms with van der Waals surface area (Å²) < 4.78 is 35.6. The molecule has 0 aliphatic rings. The third-order valence-corrected chi connectivity index (χ3v) is 5.16. The van der Waals surface area contributed by atoms with Crippen molar-refractivity contribution in [3.05, 3.63) is 87.2 Å². The topological polar surface area (TPSA) is 118 Å². The van der Waals surface area contributed by atoms with E-state index in [0.717, 1.165) is 6.07 Å². The van der Waals surface area contributed by atoms with Gasteiger partial charge < -0.3 is 9.84 Å². The van der Waals surface area contributed by atoms with Crippen molar-refractivity contribution in [3.63, 3.8) is 0 Å². The largest absolute Gasteiger partial charge is 0.491 e. The first-order valence-electron chi connectivity index (χ1n) is 9.69. The molecular weight excluding hydrogens is 470 g/mol. The van der Waals surface area contributed by atoms with Crippen LogP contribution >= 0.6 is 11.6 Å². The number of fused-ring (bicyclic) bond motifs is 1. The zero-order valence-electron chi connectivity index (χ0n) is 17.1. The summed E-state index contributed by atoms with van der Waals surface area (Å²) in [5, 5.41) is 18.6. The molecule has 0 fully saturated rings. The minimum absolute atomic E-state index is 0.0417. The molecule has 0 saturated heterocycles. The number of hydrogen-bond acceptors (Lipinski definition) is 6. The quantitative estimate of drug-likeness (QED) is 0.440. The number of carbonyl (C=O) groups is 1. The van der Waals surface area contributed by atoms with Gasteiger partial charge in [0.2, 0.25) is 0 Å². The van der Waals surface area contributed by atoms with Gasteiger partial charge in [-0.1, -0.05) is 11.6 Å². The Morgan fingerprint density at radius 2 is 1.97 bits per heavy atom. The van der Waals surface area contributed by atoms with Gasteiger partial charge in [-0.3, -0.25) is 9.36 Å². The highest BCUT2D eigenvalue weighted by Crippen LogP contribution is 2.35. The first-order chi connectivity index (χ1) is 16.3. The van der Waals surface area contributed by atoms with Gasteiger partial charge in [0.25, 0.3) is 5.56 Å². The van der Waals surface area contributed by atoms with Crippen molar-refractivity contribution in [3.8, 4) is 22.9 Å². The number of benzene rings is 2. The third-order valence-electron chi connectivity index (χ3n) is 4.92. The number of halogens is 3. The van der Waals surface area contributed by atoms with Crippen molar-refractivity contribution in [1.29, 1.82) is 5.26 Å². The maximum absolute atomic E-state index is 14.5. The smallest absolute Gasteiger partial charge is 0.335 e. The molecule has 0 unspecified atom stereocenters. The predicted molar refractivity (Wildman–Crippen MR) is 118 cm³/mol. The van der Waals surface area contributed by atoms with Crippen molar-refractivity contribution in [2.45, 2.75) is 6.54 Å². The lowest BCUT2D eigenvalue weighted by atomic mass is 10.0. The molecule has 4 rings (SSSR count). The monoisotopic (exact) mass is 482 g/mol. The molecule has 2 heterocycles. The molecule has 11 heteroatoms. The van der Waals surface area contributed by atoms with Gasteiger partial charge in [-0.25, -0.2) is 23.5 Å². The molecule has 2 aromatic carbocycles. The molecule has 2 aromatic heterocycles. The van der Waals surface area contributed by atoms with Crippen molar-refractivity contribution >= 4 is 28.5 Å². The SMILES string of the molecule is N#Cc1cc2c(=O)n(CCOc3ccc(Cl)cc3-c3cc(C(=O)O)cc(F)c3F)cnc2cn1. The van der Waals surface area contributed by atoms with Gasteiger partial charge in [-0.15, -0.1) is 0 Å².